The van der Waals surface area contributed by atoms with E-state index in [4.69, 9.17) is 9.16 Å². The third-order valence-corrected chi connectivity index (χ3v) is 15.0. The van der Waals surface area contributed by atoms with Crippen LogP contribution in [0, 0.1) is 29.1 Å². The van der Waals surface area contributed by atoms with E-state index in [1.807, 2.05) is 0 Å². The predicted molar refractivity (Wildman–Crippen MR) is 156 cm³/mol. The molecule has 0 heterocycles. The van der Waals surface area contributed by atoms with Gasteiger partial charge in [-0.3, -0.25) is 4.79 Å². The van der Waals surface area contributed by atoms with E-state index in [1.165, 1.54) is 49.6 Å². The Labute approximate surface area is 226 Å². The highest BCUT2D eigenvalue weighted by molar-refractivity contribution is 6.99. The van der Waals surface area contributed by atoms with Crippen LogP contribution in [0.2, 0.25) is 5.04 Å². The van der Waals surface area contributed by atoms with E-state index in [1.54, 1.807) is 0 Å². The van der Waals surface area contributed by atoms with Crippen molar-refractivity contribution in [1.82, 2.24) is 0 Å². The van der Waals surface area contributed by atoms with Crippen LogP contribution in [0.3, 0.4) is 0 Å². The van der Waals surface area contributed by atoms with Gasteiger partial charge in [0.15, 0.2) is 0 Å². The van der Waals surface area contributed by atoms with E-state index >= 15 is 0 Å². The second kappa shape index (κ2) is 11.5. The first kappa shape index (κ1) is 28.1. The Bertz CT molecular complexity index is 975. The van der Waals surface area contributed by atoms with Gasteiger partial charge in [-0.25, -0.2) is 0 Å². The minimum Gasteiger partial charge on any atom is -0.469 e. The van der Waals surface area contributed by atoms with Crippen molar-refractivity contribution in [3.8, 4) is 0 Å². The van der Waals surface area contributed by atoms with Gasteiger partial charge in [-0.15, -0.1) is 0 Å². The summed E-state index contributed by atoms with van der Waals surface area (Å²) >= 11 is 0. The van der Waals surface area contributed by atoms with Crippen LogP contribution < -0.4 is 10.4 Å². The number of hydrogen-bond acceptors (Lipinski definition) is 3. The van der Waals surface area contributed by atoms with Crippen LogP contribution >= 0.6 is 0 Å². The topological polar surface area (TPSA) is 35.5 Å². The van der Waals surface area contributed by atoms with Crippen LogP contribution in [0.5, 0.6) is 0 Å². The molecule has 4 heteroatoms. The molecule has 0 aromatic heterocycles. The lowest BCUT2D eigenvalue weighted by molar-refractivity contribution is -0.141. The quantitative estimate of drug-likeness (QED) is 0.264. The first-order valence-corrected chi connectivity index (χ1v) is 16.4. The van der Waals surface area contributed by atoms with Crippen molar-refractivity contribution in [3.63, 3.8) is 0 Å². The average molecular weight is 521 g/mol. The average Bonchev–Trinajstić information content (AvgIpc) is 3.25. The fraction of sp³-hybridized carbons (Fsp3) is 0.606. The van der Waals surface area contributed by atoms with Crippen LogP contribution in [0.15, 0.2) is 60.7 Å². The lowest BCUT2D eigenvalue weighted by Gasteiger charge is -2.48. The number of fused-ring (bicyclic) bond motifs is 1. The van der Waals surface area contributed by atoms with E-state index in [9.17, 15) is 4.79 Å². The number of methoxy groups -OCH3 is 1. The Morgan fingerprint density at radius 1 is 1.00 bits per heavy atom. The summed E-state index contributed by atoms with van der Waals surface area (Å²) in [5.74, 6) is 2.46. The molecule has 5 atom stereocenters. The third kappa shape index (κ3) is 5.47. The largest absolute Gasteiger partial charge is 0.469 e. The van der Waals surface area contributed by atoms with Crippen LogP contribution in [0.25, 0.3) is 0 Å². The fourth-order valence-corrected chi connectivity index (χ4v) is 12.9. The number of hydrogen-bond donors (Lipinski definition) is 0. The molecule has 2 fully saturated rings. The summed E-state index contributed by atoms with van der Waals surface area (Å²) < 4.78 is 12.3. The second-order valence-electron chi connectivity index (χ2n) is 13.0. The summed E-state index contributed by atoms with van der Waals surface area (Å²) in [4.78, 5) is 11.9. The SMILES string of the molecule is COC(=O)CC[C@@H]1CCC[C@]2(C)[C@@H](C(C)CO[Si](c3ccccc3)(c3ccccc3)C(C)(C)C)CC[C@@H]12. The van der Waals surface area contributed by atoms with Crippen LogP contribution in [-0.2, 0) is 14.0 Å². The van der Waals surface area contributed by atoms with Crippen molar-refractivity contribution >= 4 is 24.7 Å². The maximum Gasteiger partial charge on any atom is 0.305 e. The number of benzene rings is 2. The molecule has 3 nitrogen and oxygen atoms in total. The molecule has 0 N–H and O–H groups in total. The summed E-state index contributed by atoms with van der Waals surface area (Å²) in [6.45, 7) is 12.9. The monoisotopic (exact) mass is 520 g/mol. The molecule has 202 valence electrons. The number of carbonyl (C=O) groups excluding carboxylic acids is 1. The number of ether oxygens (including phenoxy) is 1. The van der Waals surface area contributed by atoms with Crippen LogP contribution in [0.4, 0.5) is 0 Å². The Hall–Kier alpha value is -1.91. The van der Waals surface area contributed by atoms with Crippen LogP contribution in [0.1, 0.15) is 79.6 Å². The Kier molecular flexibility index (Phi) is 8.70. The van der Waals surface area contributed by atoms with Gasteiger partial charge in [-0.2, -0.15) is 0 Å². The van der Waals surface area contributed by atoms with E-state index in [-0.39, 0.29) is 11.0 Å². The molecular weight excluding hydrogens is 472 g/mol. The molecule has 2 aromatic carbocycles. The van der Waals surface area contributed by atoms with Gasteiger partial charge < -0.3 is 9.16 Å². The van der Waals surface area contributed by atoms with Crippen molar-refractivity contribution in [3.05, 3.63) is 60.7 Å². The molecule has 0 saturated heterocycles. The molecular formula is C33H48O3Si. The zero-order chi connectivity index (χ0) is 26.7. The lowest BCUT2D eigenvalue weighted by atomic mass is 9.59. The van der Waals surface area contributed by atoms with Crippen molar-refractivity contribution in [2.75, 3.05) is 13.7 Å². The summed E-state index contributed by atoms with van der Waals surface area (Å²) in [7, 11) is -1.02. The third-order valence-electron chi connectivity index (χ3n) is 9.96. The molecule has 0 aliphatic heterocycles. The van der Waals surface area contributed by atoms with Gasteiger partial charge in [0.05, 0.1) is 7.11 Å². The number of rotatable bonds is 9. The Morgan fingerprint density at radius 3 is 2.14 bits per heavy atom. The molecule has 4 rings (SSSR count). The van der Waals surface area contributed by atoms with Gasteiger partial charge in [-0.1, -0.05) is 108 Å². The number of carbonyl (C=O) groups is 1. The first-order valence-electron chi connectivity index (χ1n) is 14.5. The molecule has 0 radical (unpaired) electrons. The highest BCUT2D eigenvalue weighted by atomic mass is 28.4. The normalized spacial score (nSPS) is 26.9. The summed E-state index contributed by atoms with van der Waals surface area (Å²) in [5.41, 5.74) is 0.341. The molecule has 0 bridgehead atoms. The first-order chi connectivity index (χ1) is 17.6. The molecule has 2 aromatic rings. The van der Waals surface area contributed by atoms with Gasteiger partial charge in [-0.05, 0) is 70.2 Å². The van der Waals surface area contributed by atoms with E-state index in [2.05, 4.69) is 95.3 Å². The Balaban J connectivity index is 1.57. The molecule has 0 amide bonds. The van der Waals surface area contributed by atoms with Gasteiger partial charge in [0.2, 0.25) is 0 Å². The molecule has 2 aliphatic rings. The highest BCUT2D eigenvalue weighted by Gasteiger charge is 2.54. The maximum atomic E-state index is 11.9. The zero-order valence-corrected chi connectivity index (χ0v) is 25.0. The van der Waals surface area contributed by atoms with Crippen LogP contribution in [-0.4, -0.2) is 28.0 Å². The molecule has 2 aliphatic carbocycles. The standard InChI is InChI=1S/C33H48O3Si/c1-25(29-20-21-30-26(19-22-31(34)35-6)14-13-23-33(29,30)5)24-36-37(32(2,3)4,27-15-9-7-10-16-27)28-17-11-8-12-18-28/h7-12,15-18,25-26,29-30H,13-14,19-24H2,1-6H3/t25?,26-,29+,30-,33+/m0/s1. The van der Waals surface area contributed by atoms with Gasteiger partial charge in [0.25, 0.3) is 8.32 Å². The fourth-order valence-electron chi connectivity index (χ4n) is 8.20. The predicted octanol–water partition coefficient (Wildman–Crippen LogP) is 6.98. The molecule has 37 heavy (non-hydrogen) atoms. The summed E-state index contributed by atoms with van der Waals surface area (Å²) in [6, 6.07) is 22.0. The van der Waals surface area contributed by atoms with Crippen molar-refractivity contribution < 1.29 is 14.0 Å². The van der Waals surface area contributed by atoms with Gasteiger partial charge >= 0.3 is 5.97 Å². The van der Waals surface area contributed by atoms with Crippen molar-refractivity contribution in [2.45, 2.75) is 84.6 Å². The van der Waals surface area contributed by atoms with E-state index in [0.717, 1.165) is 13.0 Å². The summed E-state index contributed by atoms with van der Waals surface area (Å²) in [5, 5.41) is 2.72. The van der Waals surface area contributed by atoms with Gasteiger partial charge in [0, 0.05) is 13.0 Å². The minimum absolute atomic E-state index is 0.00135. The maximum absolute atomic E-state index is 11.9. The second-order valence-corrected chi connectivity index (χ2v) is 17.3. The minimum atomic E-state index is -2.53. The van der Waals surface area contributed by atoms with E-state index in [0.29, 0.717) is 35.5 Å². The molecule has 1 unspecified atom stereocenters. The van der Waals surface area contributed by atoms with Gasteiger partial charge in [0.1, 0.15) is 0 Å². The zero-order valence-electron chi connectivity index (χ0n) is 24.0. The smallest absolute Gasteiger partial charge is 0.305 e. The lowest BCUT2D eigenvalue weighted by Crippen LogP contribution is -2.67. The summed E-state index contributed by atoms with van der Waals surface area (Å²) in [6.07, 6.45) is 7.95. The van der Waals surface area contributed by atoms with E-state index < -0.39 is 8.32 Å². The van der Waals surface area contributed by atoms with Crippen molar-refractivity contribution in [2.24, 2.45) is 29.1 Å². The van der Waals surface area contributed by atoms with Crippen molar-refractivity contribution in [1.29, 1.82) is 0 Å². The Morgan fingerprint density at radius 2 is 1.59 bits per heavy atom. The molecule has 2 saturated carbocycles. The molecule has 0 spiro atoms. The highest BCUT2D eigenvalue weighted by Crippen LogP contribution is 2.60. The number of esters is 1.